The molecule has 1 fully saturated rings. The zero-order valence-corrected chi connectivity index (χ0v) is 12.2. The lowest BCUT2D eigenvalue weighted by atomic mass is 9.99. The SMILES string of the molecule is O=C(O)[C@H]1O[C@@H](Oc2cnc3c(O)cccc3c2)[C@H](O)[C@@H](O)[C@@H]1O. The van der Waals surface area contributed by atoms with Crippen LogP contribution in [-0.2, 0) is 9.53 Å². The van der Waals surface area contributed by atoms with Crippen LogP contribution in [0.15, 0.2) is 30.5 Å². The second-order valence-corrected chi connectivity index (χ2v) is 5.37. The maximum absolute atomic E-state index is 11.1. The van der Waals surface area contributed by atoms with Crippen LogP contribution < -0.4 is 4.74 Å². The molecule has 1 aromatic heterocycles. The number of fused-ring (bicyclic) bond motifs is 1. The third kappa shape index (κ3) is 2.85. The highest BCUT2D eigenvalue weighted by Gasteiger charge is 2.48. The molecular formula is C15H15NO8. The van der Waals surface area contributed by atoms with Gasteiger partial charge in [-0.05, 0) is 12.1 Å². The zero-order chi connectivity index (χ0) is 17.4. The predicted octanol–water partition coefficient (Wildman–Crippen LogP) is -0.789. The first kappa shape index (κ1) is 16.4. The fourth-order valence-electron chi connectivity index (χ4n) is 2.47. The van der Waals surface area contributed by atoms with Crippen LogP contribution in [0.4, 0.5) is 0 Å². The normalized spacial score (nSPS) is 30.2. The summed E-state index contributed by atoms with van der Waals surface area (Å²) in [5.74, 6) is -1.38. The molecule has 1 aliphatic heterocycles. The summed E-state index contributed by atoms with van der Waals surface area (Å²) >= 11 is 0. The highest BCUT2D eigenvalue weighted by Crippen LogP contribution is 2.28. The van der Waals surface area contributed by atoms with Crippen LogP contribution in [0.25, 0.3) is 10.9 Å². The Bertz CT molecular complexity index is 766. The number of phenolic OH excluding ortho intramolecular Hbond substituents is 1. The van der Waals surface area contributed by atoms with Crippen molar-refractivity contribution in [2.45, 2.75) is 30.7 Å². The smallest absolute Gasteiger partial charge is 0.335 e. The molecule has 5 atom stereocenters. The van der Waals surface area contributed by atoms with Gasteiger partial charge in [-0.3, -0.25) is 0 Å². The summed E-state index contributed by atoms with van der Waals surface area (Å²) in [6, 6.07) is 6.26. The Morgan fingerprint density at radius 2 is 1.92 bits per heavy atom. The van der Waals surface area contributed by atoms with Gasteiger partial charge in [0.25, 0.3) is 0 Å². The number of aliphatic hydroxyl groups excluding tert-OH is 3. The summed E-state index contributed by atoms with van der Waals surface area (Å²) < 4.78 is 10.4. The van der Waals surface area contributed by atoms with Gasteiger partial charge in [-0.1, -0.05) is 12.1 Å². The molecule has 0 spiro atoms. The van der Waals surface area contributed by atoms with E-state index in [1.807, 2.05) is 0 Å². The van der Waals surface area contributed by atoms with E-state index in [2.05, 4.69) is 4.98 Å². The van der Waals surface area contributed by atoms with Gasteiger partial charge >= 0.3 is 5.97 Å². The summed E-state index contributed by atoms with van der Waals surface area (Å²) in [5, 5.41) is 48.5. The molecule has 1 aromatic carbocycles. The number of hydrogen-bond acceptors (Lipinski definition) is 8. The van der Waals surface area contributed by atoms with Crippen molar-refractivity contribution in [3.8, 4) is 11.5 Å². The van der Waals surface area contributed by atoms with Gasteiger partial charge in [-0.15, -0.1) is 0 Å². The van der Waals surface area contributed by atoms with Crippen LogP contribution in [0.5, 0.6) is 11.5 Å². The number of pyridine rings is 1. The number of aliphatic carboxylic acids is 1. The van der Waals surface area contributed by atoms with E-state index >= 15 is 0 Å². The molecule has 5 N–H and O–H groups in total. The first-order valence-corrected chi connectivity index (χ1v) is 7.05. The Hall–Kier alpha value is -2.46. The van der Waals surface area contributed by atoms with E-state index in [0.717, 1.165) is 0 Å². The number of carboxylic acids is 1. The third-order valence-corrected chi connectivity index (χ3v) is 3.73. The first-order chi connectivity index (χ1) is 11.4. The minimum absolute atomic E-state index is 0.0162. The fourth-order valence-corrected chi connectivity index (χ4v) is 2.47. The fraction of sp³-hybridized carbons (Fsp3) is 0.333. The van der Waals surface area contributed by atoms with Crippen LogP contribution in [0.3, 0.4) is 0 Å². The number of phenols is 1. The molecule has 0 saturated carbocycles. The molecule has 0 unspecified atom stereocenters. The van der Waals surface area contributed by atoms with E-state index in [-0.39, 0.29) is 11.5 Å². The van der Waals surface area contributed by atoms with Gasteiger partial charge in [0, 0.05) is 5.39 Å². The summed E-state index contributed by atoms with van der Waals surface area (Å²) in [5.41, 5.74) is 0.342. The van der Waals surface area contributed by atoms with Crippen molar-refractivity contribution in [2.75, 3.05) is 0 Å². The van der Waals surface area contributed by atoms with E-state index in [0.29, 0.717) is 10.9 Å². The number of carboxylic acid groups (broad SMARTS) is 1. The van der Waals surface area contributed by atoms with E-state index < -0.39 is 36.7 Å². The number of ether oxygens (including phenoxy) is 2. The Morgan fingerprint density at radius 3 is 2.62 bits per heavy atom. The summed E-state index contributed by atoms with van der Waals surface area (Å²) in [7, 11) is 0. The van der Waals surface area contributed by atoms with E-state index in [9.17, 15) is 25.2 Å². The van der Waals surface area contributed by atoms with Crippen molar-refractivity contribution in [3.63, 3.8) is 0 Å². The van der Waals surface area contributed by atoms with E-state index in [1.165, 1.54) is 18.3 Å². The molecule has 9 nitrogen and oxygen atoms in total. The molecule has 24 heavy (non-hydrogen) atoms. The van der Waals surface area contributed by atoms with Crippen molar-refractivity contribution in [2.24, 2.45) is 0 Å². The minimum atomic E-state index is -1.79. The van der Waals surface area contributed by atoms with Gasteiger partial charge < -0.3 is 35.0 Å². The number of hydrogen-bond donors (Lipinski definition) is 5. The lowest BCUT2D eigenvalue weighted by Crippen LogP contribution is -2.61. The minimum Gasteiger partial charge on any atom is -0.506 e. The van der Waals surface area contributed by atoms with Crippen LogP contribution in [0, 0.1) is 0 Å². The number of aromatic hydroxyl groups is 1. The Balaban J connectivity index is 1.85. The molecule has 3 rings (SSSR count). The molecule has 0 bridgehead atoms. The summed E-state index contributed by atoms with van der Waals surface area (Å²) in [6.45, 7) is 0. The van der Waals surface area contributed by atoms with Crippen LogP contribution in [0.2, 0.25) is 0 Å². The number of carbonyl (C=O) groups is 1. The molecule has 0 amide bonds. The number of para-hydroxylation sites is 1. The lowest BCUT2D eigenvalue weighted by Gasteiger charge is -2.38. The highest BCUT2D eigenvalue weighted by atomic mass is 16.7. The maximum atomic E-state index is 11.1. The van der Waals surface area contributed by atoms with Crippen molar-refractivity contribution in [3.05, 3.63) is 30.5 Å². The molecule has 128 valence electrons. The van der Waals surface area contributed by atoms with Crippen LogP contribution in [0.1, 0.15) is 0 Å². The van der Waals surface area contributed by atoms with Crippen molar-refractivity contribution >= 4 is 16.9 Å². The topological polar surface area (TPSA) is 150 Å². The average Bonchev–Trinajstić information content (AvgIpc) is 2.55. The highest BCUT2D eigenvalue weighted by molar-refractivity contribution is 5.84. The van der Waals surface area contributed by atoms with Crippen LogP contribution in [-0.4, -0.2) is 67.2 Å². The number of aromatic nitrogens is 1. The molecule has 2 heterocycles. The zero-order valence-electron chi connectivity index (χ0n) is 12.2. The Labute approximate surface area is 135 Å². The second kappa shape index (κ2) is 6.21. The van der Waals surface area contributed by atoms with E-state index in [1.54, 1.807) is 12.1 Å². The molecule has 2 aromatic rings. The first-order valence-electron chi connectivity index (χ1n) is 7.05. The monoisotopic (exact) mass is 337 g/mol. The number of benzene rings is 1. The van der Waals surface area contributed by atoms with Gasteiger partial charge in [-0.25, -0.2) is 9.78 Å². The average molecular weight is 337 g/mol. The number of nitrogens with zero attached hydrogens (tertiary/aromatic N) is 1. The molecule has 1 aliphatic rings. The molecule has 1 saturated heterocycles. The standard InChI is InChI=1S/C15H15NO8/c17-8-3-1-2-6-4-7(5-16-9(6)8)23-15-12(20)10(18)11(19)13(24-15)14(21)22/h1-5,10-13,15,17-20H,(H,21,22)/t10-,11-,12+,13-,15+/m0/s1. The molecular weight excluding hydrogens is 322 g/mol. The van der Waals surface area contributed by atoms with Crippen molar-refractivity contribution < 1.29 is 39.8 Å². The molecule has 0 aliphatic carbocycles. The number of aliphatic hydroxyl groups is 3. The lowest BCUT2D eigenvalue weighted by molar-refractivity contribution is -0.271. The van der Waals surface area contributed by atoms with E-state index in [4.69, 9.17) is 14.6 Å². The molecule has 0 radical (unpaired) electrons. The van der Waals surface area contributed by atoms with Gasteiger partial charge in [-0.2, -0.15) is 0 Å². The second-order valence-electron chi connectivity index (χ2n) is 5.37. The van der Waals surface area contributed by atoms with Crippen molar-refractivity contribution in [1.29, 1.82) is 0 Å². The summed E-state index contributed by atoms with van der Waals surface area (Å²) in [6.07, 6.45) is -7.19. The summed E-state index contributed by atoms with van der Waals surface area (Å²) in [4.78, 5) is 15.1. The largest absolute Gasteiger partial charge is 0.506 e. The van der Waals surface area contributed by atoms with Gasteiger partial charge in [0.1, 0.15) is 35.3 Å². The molecule has 9 heteroatoms. The Morgan fingerprint density at radius 1 is 1.17 bits per heavy atom. The number of rotatable bonds is 3. The van der Waals surface area contributed by atoms with Crippen LogP contribution >= 0.6 is 0 Å². The van der Waals surface area contributed by atoms with Gasteiger partial charge in [0.2, 0.25) is 6.29 Å². The Kier molecular flexibility index (Phi) is 4.24. The third-order valence-electron chi connectivity index (χ3n) is 3.73. The van der Waals surface area contributed by atoms with Gasteiger partial charge in [0.05, 0.1) is 6.20 Å². The van der Waals surface area contributed by atoms with Crippen molar-refractivity contribution in [1.82, 2.24) is 4.98 Å². The predicted molar refractivity (Wildman–Crippen MR) is 78.4 cm³/mol. The van der Waals surface area contributed by atoms with Gasteiger partial charge in [0.15, 0.2) is 6.10 Å². The quantitative estimate of drug-likeness (QED) is 0.485. The maximum Gasteiger partial charge on any atom is 0.335 e.